The number of benzene rings is 2. The number of fused-ring (bicyclic) bond motifs is 1. The molecule has 3 amide bonds. The van der Waals surface area contributed by atoms with Crippen LogP contribution in [0.2, 0.25) is 0 Å². The van der Waals surface area contributed by atoms with E-state index in [-0.39, 0.29) is 5.70 Å². The van der Waals surface area contributed by atoms with Gasteiger partial charge in [-0.2, -0.15) is 0 Å². The van der Waals surface area contributed by atoms with Crippen LogP contribution in [-0.2, 0) is 24.3 Å². The fraction of sp³-hybridized carbons (Fsp3) is 0.167. The Morgan fingerprint density at radius 1 is 0.968 bits per heavy atom. The van der Waals surface area contributed by atoms with Gasteiger partial charge in [-0.3, -0.25) is 15.0 Å². The van der Waals surface area contributed by atoms with Gasteiger partial charge in [0.2, 0.25) is 5.95 Å². The number of imide groups is 1. The van der Waals surface area contributed by atoms with Crippen LogP contribution in [0, 0.1) is 0 Å². The number of hydrogen-bond acceptors (Lipinski definition) is 5. The molecule has 154 valence electrons. The minimum Gasteiger partial charge on any atom is -0.336 e. The third-order valence-corrected chi connectivity index (χ3v) is 5.54. The maximum atomic E-state index is 12.4. The molecule has 1 saturated heterocycles. The lowest BCUT2D eigenvalue weighted by Gasteiger charge is -2.28. The maximum Gasteiger partial charge on any atom is 0.329 e. The predicted molar refractivity (Wildman–Crippen MR) is 117 cm³/mol. The maximum absolute atomic E-state index is 12.4. The van der Waals surface area contributed by atoms with Gasteiger partial charge in [-0.25, -0.2) is 14.8 Å². The molecular formula is C24H21N5O2. The SMILES string of the molecule is O=C1NC(=O)N(Cc2ccccc2)/C1=C/c1ccnc(N2CCc3ccccc3C2)n1. The van der Waals surface area contributed by atoms with Gasteiger partial charge in [0.1, 0.15) is 5.70 Å². The summed E-state index contributed by atoms with van der Waals surface area (Å²) in [4.78, 5) is 37.4. The zero-order chi connectivity index (χ0) is 21.2. The molecule has 0 atom stereocenters. The van der Waals surface area contributed by atoms with Gasteiger partial charge < -0.3 is 4.90 Å². The summed E-state index contributed by atoms with van der Waals surface area (Å²) in [6.07, 6.45) is 4.27. The van der Waals surface area contributed by atoms with Crippen molar-refractivity contribution in [1.29, 1.82) is 0 Å². The van der Waals surface area contributed by atoms with Crippen molar-refractivity contribution in [2.75, 3.05) is 11.4 Å². The second-order valence-corrected chi connectivity index (χ2v) is 7.58. The highest BCUT2D eigenvalue weighted by molar-refractivity contribution is 6.13. The molecule has 0 spiro atoms. The summed E-state index contributed by atoms with van der Waals surface area (Å²) in [6, 6.07) is 19.3. The van der Waals surface area contributed by atoms with E-state index < -0.39 is 11.9 Å². The molecule has 1 N–H and O–H groups in total. The second kappa shape index (κ2) is 8.02. The minimum absolute atomic E-state index is 0.280. The third-order valence-electron chi connectivity index (χ3n) is 5.54. The molecular weight excluding hydrogens is 390 g/mol. The van der Waals surface area contributed by atoms with Crippen molar-refractivity contribution >= 4 is 24.0 Å². The number of carbonyl (C=O) groups is 2. The van der Waals surface area contributed by atoms with E-state index in [2.05, 4.69) is 38.4 Å². The Bertz CT molecular complexity index is 1180. The summed E-state index contributed by atoms with van der Waals surface area (Å²) in [5, 5.41) is 2.37. The topological polar surface area (TPSA) is 78.4 Å². The first-order valence-electron chi connectivity index (χ1n) is 10.2. The number of rotatable bonds is 4. The van der Waals surface area contributed by atoms with Crippen molar-refractivity contribution < 1.29 is 9.59 Å². The standard InChI is InChI=1S/C24H21N5O2/c30-22-21(29(24(31)27-22)15-17-6-2-1-3-7-17)14-20-10-12-25-23(26-20)28-13-11-18-8-4-5-9-19(18)16-28/h1-10,12,14H,11,13,15-16H2,(H,27,30,31)/b21-14+. The molecule has 0 unspecified atom stereocenters. The Morgan fingerprint density at radius 3 is 2.58 bits per heavy atom. The summed E-state index contributed by atoms with van der Waals surface area (Å²) in [5.74, 6) is 0.191. The predicted octanol–water partition coefficient (Wildman–Crippen LogP) is 3.13. The molecule has 2 aliphatic heterocycles. The van der Waals surface area contributed by atoms with E-state index in [0.717, 1.165) is 25.1 Å². The van der Waals surface area contributed by atoms with Gasteiger partial charge in [-0.15, -0.1) is 0 Å². The monoisotopic (exact) mass is 411 g/mol. The van der Waals surface area contributed by atoms with Crippen LogP contribution in [0.1, 0.15) is 22.4 Å². The van der Waals surface area contributed by atoms with E-state index in [1.54, 1.807) is 18.3 Å². The van der Waals surface area contributed by atoms with Gasteiger partial charge in [-0.05, 0) is 35.3 Å². The van der Waals surface area contributed by atoms with Crippen LogP contribution < -0.4 is 10.2 Å². The largest absolute Gasteiger partial charge is 0.336 e. The van der Waals surface area contributed by atoms with Gasteiger partial charge >= 0.3 is 6.03 Å². The number of nitrogens with one attached hydrogen (secondary N) is 1. The summed E-state index contributed by atoms with van der Waals surface area (Å²) in [6.45, 7) is 1.89. The molecule has 0 aliphatic carbocycles. The lowest BCUT2D eigenvalue weighted by atomic mass is 10.0. The number of amides is 3. The average Bonchev–Trinajstić information content (AvgIpc) is 3.06. The molecule has 3 heterocycles. The first kappa shape index (κ1) is 19.0. The highest BCUT2D eigenvalue weighted by Crippen LogP contribution is 2.23. The first-order chi connectivity index (χ1) is 15.2. The van der Waals surface area contributed by atoms with E-state index in [1.165, 1.54) is 16.0 Å². The number of hydrogen-bond donors (Lipinski definition) is 1. The number of anilines is 1. The molecule has 7 nitrogen and oxygen atoms in total. The Morgan fingerprint density at radius 2 is 1.74 bits per heavy atom. The van der Waals surface area contributed by atoms with Crippen LogP contribution in [0.3, 0.4) is 0 Å². The first-order valence-corrected chi connectivity index (χ1v) is 10.2. The molecule has 1 fully saturated rings. The van der Waals surface area contributed by atoms with E-state index in [1.807, 2.05) is 36.4 Å². The summed E-state index contributed by atoms with van der Waals surface area (Å²) < 4.78 is 0. The Labute approximate surface area is 180 Å². The van der Waals surface area contributed by atoms with Crippen molar-refractivity contribution in [3.05, 3.63) is 94.9 Å². The molecule has 0 radical (unpaired) electrons. The van der Waals surface area contributed by atoms with Gasteiger partial charge in [0, 0.05) is 19.3 Å². The summed E-state index contributed by atoms with van der Waals surface area (Å²) in [5.41, 5.74) is 4.43. The number of nitrogens with zero attached hydrogens (tertiary/aromatic N) is 4. The number of aromatic nitrogens is 2. The number of carbonyl (C=O) groups excluding carboxylic acids is 2. The molecule has 31 heavy (non-hydrogen) atoms. The van der Waals surface area contributed by atoms with Gasteiger partial charge in [0.05, 0.1) is 12.2 Å². The van der Waals surface area contributed by atoms with Crippen LogP contribution in [0.4, 0.5) is 10.7 Å². The fourth-order valence-electron chi connectivity index (χ4n) is 3.93. The lowest BCUT2D eigenvalue weighted by Crippen LogP contribution is -2.31. The molecule has 2 aliphatic rings. The number of urea groups is 1. The Balaban J connectivity index is 1.41. The van der Waals surface area contributed by atoms with Crippen molar-refractivity contribution in [3.63, 3.8) is 0 Å². The summed E-state index contributed by atoms with van der Waals surface area (Å²) in [7, 11) is 0. The van der Waals surface area contributed by atoms with Crippen LogP contribution >= 0.6 is 0 Å². The van der Waals surface area contributed by atoms with Crippen molar-refractivity contribution in [2.45, 2.75) is 19.5 Å². The smallest absolute Gasteiger partial charge is 0.329 e. The second-order valence-electron chi connectivity index (χ2n) is 7.58. The van der Waals surface area contributed by atoms with Crippen molar-refractivity contribution in [3.8, 4) is 0 Å². The normalized spacial score (nSPS) is 17.1. The van der Waals surface area contributed by atoms with Crippen LogP contribution in [0.25, 0.3) is 6.08 Å². The van der Waals surface area contributed by atoms with Crippen LogP contribution in [-0.4, -0.2) is 33.4 Å². The lowest BCUT2D eigenvalue weighted by molar-refractivity contribution is -0.116. The van der Waals surface area contributed by atoms with Gasteiger partial charge in [0.15, 0.2) is 0 Å². The van der Waals surface area contributed by atoms with Crippen LogP contribution in [0.5, 0.6) is 0 Å². The third kappa shape index (κ3) is 3.90. The van der Waals surface area contributed by atoms with Crippen molar-refractivity contribution in [2.24, 2.45) is 0 Å². The van der Waals surface area contributed by atoms with Gasteiger partial charge in [0.25, 0.3) is 5.91 Å². The zero-order valence-electron chi connectivity index (χ0n) is 16.9. The van der Waals surface area contributed by atoms with Crippen molar-refractivity contribution in [1.82, 2.24) is 20.2 Å². The molecule has 2 aromatic carbocycles. The molecule has 5 rings (SSSR count). The molecule has 0 saturated carbocycles. The van der Waals surface area contributed by atoms with E-state index in [0.29, 0.717) is 18.2 Å². The summed E-state index contributed by atoms with van der Waals surface area (Å²) >= 11 is 0. The average molecular weight is 411 g/mol. The fourth-order valence-corrected chi connectivity index (χ4v) is 3.93. The highest BCUT2D eigenvalue weighted by Gasteiger charge is 2.33. The van der Waals surface area contributed by atoms with E-state index in [4.69, 9.17) is 0 Å². The highest BCUT2D eigenvalue weighted by atomic mass is 16.2. The zero-order valence-corrected chi connectivity index (χ0v) is 16.9. The Hall–Kier alpha value is -4.00. The van der Waals surface area contributed by atoms with E-state index in [9.17, 15) is 9.59 Å². The molecule has 1 aromatic heterocycles. The minimum atomic E-state index is -0.429. The molecule has 7 heteroatoms. The molecule has 3 aromatic rings. The quantitative estimate of drug-likeness (QED) is 0.527. The Kier molecular flexibility index (Phi) is 4.92. The van der Waals surface area contributed by atoms with E-state index >= 15 is 0 Å². The molecule has 0 bridgehead atoms. The van der Waals surface area contributed by atoms with Crippen LogP contribution in [0.15, 0.2) is 72.6 Å². The van der Waals surface area contributed by atoms with Gasteiger partial charge in [-0.1, -0.05) is 54.6 Å².